The monoisotopic (exact) mass is 768 g/mol. The first kappa shape index (κ1) is 42.3. The van der Waals surface area contributed by atoms with Gasteiger partial charge >= 0.3 is 25.6 Å². The molecule has 0 radical (unpaired) electrons. The molecule has 1 saturated heterocycles. The number of methoxy groups -OCH3 is 1. The van der Waals surface area contributed by atoms with Crippen LogP contribution in [-0.4, -0.2) is 76.6 Å². The van der Waals surface area contributed by atoms with Crippen molar-refractivity contribution in [3.05, 3.63) is 72.9 Å². The average molecular weight is 769 g/mol. The maximum atomic E-state index is 14.0. The van der Waals surface area contributed by atoms with Gasteiger partial charge in [-0.1, -0.05) is 49.8 Å². The number of rotatable bonds is 15. The van der Waals surface area contributed by atoms with Crippen molar-refractivity contribution in [2.24, 2.45) is 10.5 Å². The lowest BCUT2D eigenvalue weighted by Gasteiger charge is -2.23. The zero-order chi connectivity index (χ0) is 38.9. The number of nitrogens with one attached hydrogen (secondary N) is 2. The van der Waals surface area contributed by atoms with Crippen molar-refractivity contribution in [2.75, 3.05) is 26.1 Å². The molecule has 0 spiro atoms. The van der Waals surface area contributed by atoms with Crippen LogP contribution in [0.4, 0.5) is 4.79 Å². The van der Waals surface area contributed by atoms with Crippen LogP contribution in [0.3, 0.4) is 0 Å². The maximum absolute atomic E-state index is 14.0. The summed E-state index contributed by atoms with van der Waals surface area (Å²) >= 11 is 0.991. The number of aryl methyl sites for hydroxylation is 1. The SMILES string of the molecule is COC(=O)[C@@H](Cc1ccc(OP(=O)(OCCSC(=O)C(C)(C)C)OC[C@H]2O[C@@H](n3cc(C)c(=O)[nH]c3=O)C[C@@H]2N=[N+]=[N-])cc1)NC(=O)OC(C)(C)C. The standard InChI is InChI=1S/C32H45N6O12PS/c1-19-17-38(29(42)35-26(19)39)25-16-22(36-37-33)24(48-25)18-47-51(44,46-13-14-52-28(41)31(2,3)4)50-21-11-9-20(10-12-21)15-23(27(40)45-8)34-30(43)49-32(5,6)7/h9-12,17,22-25H,13-16,18H2,1-8H3,(H,34,43)(H,35,39,42)/t22-,23+,24+,25+,51?/m0/s1. The van der Waals surface area contributed by atoms with Gasteiger partial charge in [0, 0.05) is 40.7 Å². The molecule has 2 heterocycles. The summed E-state index contributed by atoms with van der Waals surface area (Å²) < 4.78 is 48.2. The molecule has 1 aliphatic heterocycles. The van der Waals surface area contributed by atoms with Gasteiger partial charge in [0.15, 0.2) is 5.12 Å². The zero-order valence-electron chi connectivity index (χ0n) is 30.3. The first-order valence-corrected chi connectivity index (χ1v) is 18.6. The predicted octanol–water partition coefficient (Wildman–Crippen LogP) is 4.95. The second-order valence-corrected chi connectivity index (χ2v) is 16.4. The number of aromatic nitrogens is 2. The Bertz CT molecular complexity index is 1800. The van der Waals surface area contributed by atoms with Crippen molar-refractivity contribution in [3.63, 3.8) is 0 Å². The van der Waals surface area contributed by atoms with Crippen molar-refractivity contribution < 1.29 is 46.7 Å². The van der Waals surface area contributed by atoms with Crippen LogP contribution in [0.15, 0.2) is 45.2 Å². The molecular weight excluding hydrogens is 723 g/mol. The van der Waals surface area contributed by atoms with Gasteiger partial charge in [-0.25, -0.2) is 18.9 Å². The minimum absolute atomic E-state index is 0.0226. The summed E-state index contributed by atoms with van der Waals surface area (Å²) in [7, 11) is -3.27. The van der Waals surface area contributed by atoms with Crippen LogP contribution in [0.25, 0.3) is 10.4 Å². The van der Waals surface area contributed by atoms with Gasteiger partial charge in [-0.3, -0.25) is 28.2 Å². The van der Waals surface area contributed by atoms with E-state index >= 15 is 0 Å². The summed E-state index contributed by atoms with van der Waals surface area (Å²) in [4.78, 5) is 66.5. The Labute approximate surface area is 304 Å². The van der Waals surface area contributed by atoms with Gasteiger partial charge in [-0.2, -0.15) is 0 Å². The Balaban J connectivity index is 1.78. The molecule has 1 aliphatic rings. The molecule has 1 amide bonds. The van der Waals surface area contributed by atoms with Crippen LogP contribution < -0.4 is 21.1 Å². The zero-order valence-corrected chi connectivity index (χ0v) is 32.0. The number of hydrogen-bond acceptors (Lipinski definition) is 14. The minimum atomic E-state index is -4.46. The number of phosphoric acid groups is 1. The van der Waals surface area contributed by atoms with E-state index in [1.165, 1.54) is 32.4 Å². The number of thioether (sulfide) groups is 1. The van der Waals surface area contributed by atoms with Gasteiger partial charge in [0.2, 0.25) is 0 Å². The second kappa shape index (κ2) is 18.1. The normalized spacial score (nSPS) is 19.1. The fourth-order valence-corrected chi connectivity index (χ4v) is 6.73. The quantitative estimate of drug-likeness (QED) is 0.0610. The molecule has 1 aromatic heterocycles. The number of benzene rings is 1. The van der Waals surface area contributed by atoms with E-state index in [0.29, 0.717) is 5.56 Å². The molecule has 18 nitrogen and oxygen atoms in total. The molecule has 3 rings (SSSR count). The second-order valence-electron chi connectivity index (χ2n) is 13.7. The molecular formula is C32H45N6O12PS. The van der Waals surface area contributed by atoms with Crippen LogP contribution in [0.2, 0.25) is 0 Å². The lowest BCUT2D eigenvalue weighted by molar-refractivity contribution is -0.143. The Hall–Kier alpha value is -4.12. The first-order valence-electron chi connectivity index (χ1n) is 16.2. The number of nitrogens with zero attached hydrogens (tertiary/aromatic N) is 4. The van der Waals surface area contributed by atoms with Crippen molar-refractivity contribution in [2.45, 2.75) is 91.3 Å². The number of H-pyrrole nitrogens is 1. The Morgan fingerprint density at radius 1 is 1.15 bits per heavy atom. The fraction of sp³-hybridized carbons (Fsp3) is 0.594. The molecule has 0 saturated carbocycles. The Morgan fingerprint density at radius 3 is 2.42 bits per heavy atom. The van der Waals surface area contributed by atoms with Crippen molar-refractivity contribution in [1.29, 1.82) is 0 Å². The third-order valence-corrected chi connectivity index (χ3v) is 9.84. The van der Waals surface area contributed by atoms with Gasteiger partial charge in [0.05, 0.1) is 32.5 Å². The molecule has 0 aliphatic carbocycles. The van der Waals surface area contributed by atoms with Crippen LogP contribution in [-0.2, 0) is 43.8 Å². The van der Waals surface area contributed by atoms with Crippen LogP contribution in [0.1, 0.15) is 65.3 Å². The molecule has 1 unspecified atom stereocenters. The number of carbonyl (C=O) groups excluding carboxylic acids is 3. The first-order chi connectivity index (χ1) is 24.2. The lowest BCUT2D eigenvalue weighted by Crippen LogP contribution is -2.45. The summed E-state index contributed by atoms with van der Waals surface area (Å²) in [5.41, 5.74) is 7.30. The van der Waals surface area contributed by atoms with E-state index in [9.17, 15) is 34.1 Å². The van der Waals surface area contributed by atoms with Crippen molar-refractivity contribution in [3.8, 4) is 5.75 Å². The number of hydrogen-bond donors (Lipinski definition) is 2. The molecule has 2 N–H and O–H groups in total. The lowest BCUT2D eigenvalue weighted by atomic mass is 10.00. The highest BCUT2D eigenvalue weighted by Gasteiger charge is 2.40. The number of esters is 1. The highest BCUT2D eigenvalue weighted by molar-refractivity contribution is 8.13. The van der Waals surface area contributed by atoms with E-state index in [1.54, 1.807) is 53.7 Å². The highest BCUT2D eigenvalue weighted by atomic mass is 32.2. The van der Waals surface area contributed by atoms with Crippen LogP contribution in [0.5, 0.6) is 5.75 Å². The van der Waals surface area contributed by atoms with Crippen molar-refractivity contribution in [1.82, 2.24) is 14.9 Å². The minimum Gasteiger partial charge on any atom is -0.467 e. The number of amides is 1. The van der Waals surface area contributed by atoms with Crippen LogP contribution >= 0.6 is 19.6 Å². The van der Waals surface area contributed by atoms with E-state index in [-0.39, 0.29) is 41.6 Å². The molecule has 1 fully saturated rings. The number of carbonyl (C=O) groups is 3. The van der Waals surface area contributed by atoms with E-state index in [1.807, 2.05) is 0 Å². The molecule has 286 valence electrons. The fourth-order valence-electron chi connectivity index (χ4n) is 4.61. The van der Waals surface area contributed by atoms with E-state index in [0.717, 1.165) is 16.3 Å². The van der Waals surface area contributed by atoms with Gasteiger partial charge in [-0.05, 0) is 50.9 Å². The third-order valence-electron chi connectivity index (χ3n) is 7.19. The highest BCUT2D eigenvalue weighted by Crippen LogP contribution is 2.50. The maximum Gasteiger partial charge on any atom is 0.530 e. The Morgan fingerprint density at radius 2 is 1.83 bits per heavy atom. The molecule has 20 heteroatoms. The smallest absolute Gasteiger partial charge is 0.467 e. The number of azide groups is 1. The summed E-state index contributed by atoms with van der Waals surface area (Å²) in [6.07, 6.45) is -1.37. The molecule has 5 atom stereocenters. The summed E-state index contributed by atoms with van der Waals surface area (Å²) in [6.45, 7) is 11.2. The van der Waals surface area contributed by atoms with E-state index in [4.69, 9.17) is 27.8 Å². The van der Waals surface area contributed by atoms with Gasteiger partial charge in [-0.15, -0.1) is 0 Å². The van der Waals surface area contributed by atoms with Gasteiger partial charge < -0.3 is 24.1 Å². The largest absolute Gasteiger partial charge is 0.530 e. The summed E-state index contributed by atoms with van der Waals surface area (Å²) in [5.74, 6) is -0.521. The molecule has 1 aromatic carbocycles. The number of ether oxygens (including phenoxy) is 3. The van der Waals surface area contributed by atoms with Crippen LogP contribution in [0, 0.1) is 12.3 Å². The van der Waals surface area contributed by atoms with Crippen molar-refractivity contribution >= 4 is 36.8 Å². The summed E-state index contributed by atoms with van der Waals surface area (Å²) in [5, 5.41) is 6.14. The van der Waals surface area contributed by atoms with Gasteiger partial charge in [0.25, 0.3) is 5.56 Å². The molecule has 0 bridgehead atoms. The number of phosphoric ester groups is 1. The van der Waals surface area contributed by atoms with E-state index < -0.39 is 73.2 Å². The summed E-state index contributed by atoms with van der Waals surface area (Å²) in [6, 6.07) is 4.09. The van der Waals surface area contributed by atoms with E-state index in [2.05, 4.69) is 20.3 Å². The average Bonchev–Trinajstić information content (AvgIpc) is 3.45. The number of alkyl carbamates (subject to hydrolysis) is 1. The topological polar surface area (TPSA) is 239 Å². The number of aromatic amines is 1. The predicted molar refractivity (Wildman–Crippen MR) is 190 cm³/mol. The van der Waals surface area contributed by atoms with Gasteiger partial charge in [0.1, 0.15) is 23.6 Å². The molecule has 2 aromatic rings. The molecule has 52 heavy (non-hydrogen) atoms. The third kappa shape index (κ3) is 12.8. The Kier molecular flexibility index (Phi) is 14.7.